The number of ether oxygens (including phenoxy) is 1. The number of benzene rings is 1. The molecule has 0 amide bonds. The fourth-order valence-corrected chi connectivity index (χ4v) is 3.48. The Hall–Kier alpha value is -1.64. The molecule has 0 heterocycles. The summed E-state index contributed by atoms with van der Waals surface area (Å²) in [5.74, 6) is -1.17. The number of hydrogen-bond acceptors (Lipinski definition) is 5. The van der Waals surface area contributed by atoms with E-state index in [9.17, 15) is 13.2 Å². The monoisotopic (exact) mass is 358 g/mol. The van der Waals surface area contributed by atoms with Crippen molar-refractivity contribution in [1.82, 2.24) is 4.72 Å². The third-order valence-electron chi connectivity index (χ3n) is 3.41. The van der Waals surface area contributed by atoms with Crippen LogP contribution in [-0.2, 0) is 14.8 Å². The number of carboxylic acid groups (broad SMARTS) is 1. The summed E-state index contributed by atoms with van der Waals surface area (Å²) < 4.78 is 32.7. The molecule has 24 heavy (non-hydrogen) atoms. The summed E-state index contributed by atoms with van der Waals surface area (Å²) in [7, 11) is -2.25. The minimum Gasteiger partial charge on any atom is -0.478 e. The minimum absolute atomic E-state index is 0.0677. The van der Waals surface area contributed by atoms with Crippen molar-refractivity contribution in [2.45, 2.75) is 44.0 Å². The topological polar surface area (TPSA) is 105 Å². The van der Waals surface area contributed by atoms with Crippen LogP contribution >= 0.6 is 0 Å². The molecule has 1 unspecified atom stereocenters. The zero-order valence-corrected chi connectivity index (χ0v) is 15.1. The van der Waals surface area contributed by atoms with Crippen molar-refractivity contribution in [3.8, 4) is 0 Å². The zero-order valence-electron chi connectivity index (χ0n) is 14.3. The van der Waals surface area contributed by atoms with Crippen LogP contribution in [-0.4, -0.2) is 45.8 Å². The Labute approximate surface area is 143 Å². The van der Waals surface area contributed by atoms with Crippen LogP contribution in [0.3, 0.4) is 0 Å². The average molecular weight is 358 g/mol. The fraction of sp³-hybridized carbons (Fsp3) is 0.562. The molecule has 0 aliphatic carbocycles. The number of carbonyl (C=O) groups is 1. The molecule has 7 nitrogen and oxygen atoms in total. The van der Waals surface area contributed by atoms with E-state index in [2.05, 4.69) is 10.0 Å². The number of methoxy groups -OCH3 is 1. The molecule has 136 valence electrons. The Morgan fingerprint density at radius 2 is 2.04 bits per heavy atom. The standard InChI is InChI=1S/C16H26N2O5S/c1-4-5-6-9-17-24(21,22)15-10-13(16(19)20)7-8-14(15)18-12(2)11-23-3/h7-8,10,12,17-18H,4-6,9,11H2,1-3H3,(H,19,20). The summed E-state index contributed by atoms with van der Waals surface area (Å²) in [5, 5.41) is 12.2. The quantitative estimate of drug-likeness (QED) is 0.524. The molecule has 0 bridgehead atoms. The van der Waals surface area contributed by atoms with Crippen molar-refractivity contribution in [2.75, 3.05) is 25.6 Å². The summed E-state index contributed by atoms with van der Waals surface area (Å²) in [4.78, 5) is 11.1. The van der Waals surface area contributed by atoms with Crippen LogP contribution in [0.15, 0.2) is 23.1 Å². The third kappa shape index (κ3) is 6.10. The molecule has 1 aromatic carbocycles. The minimum atomic E-state index is -3.80. The van der Waals surface area contributed by atoms with Gasteiger partial charge in [0.2, 0.25) is 10.0 Å². The van der Waals surface area contributed by atoms with E-state index in [1.807, 2.05) is 13.8 Å². The lowest BCUT2D eigenvalue weighted by Gasteiger charge is -2.18. The first-order chi connectivity index (χ1) is 11.3. The molecule has 0 spiro atoms. The van der Waals surface area contributed by atoms with Gasteiger partial charge in [-0.15, -0.1) is 0 Å². The van der Waals surface area contributed by atoms with E-state index >= 15 is 0 Å². The highest BCUT2D eigenvalue weighted by Gasteiger charge is 2.21. The van der Waals surface area contributed by atoms with Crippen molar-refractivity contribution in [2.24, 2.45) is 0 Å². The van der Waals surface area contributed by atoms with Crippen LogP contribution in [0, 0.1) is 0 Å². The largest absolute Gasteiger partial charge is 0.478 e. The molecule has 1 atom stereocenters. The van der Waals surface area contributed by atoms with Crippen LogP contribution in [0.1, 0.15) is 43.5 Å². The Bertz CT molecular complexity index is 646. The van der Waals surface area contributed by atoms with Crippen LogP contribution in [0.5, 0.6) is 0 Å². The van der Waals surface area contributed by atoms with E-state index in [1.54, 1.807) is 7.11 Å². The van der Waals surface area contributed by atoms with E-state index in [4.69, 9.17) is 9.84 Å². The molecule has 3 N–H and O–H groups in total. The first-order valence-electron chi connectivity index (χ1n) is 7.94. The molecule has 0 saturated carbocycles. The first kappa shape index (κ1) is 20.4. The van der Waals surface area contributed by atoms with Gasteiger partial charge >= 0.3 is 5.97 Å². The van der Waals surface area contributed by atoms with E-state index in [1.165, 1.54) is 18.2 Å². The van der Waals surface area contributed by atoms with Crippen LogP contribution in [0.2, 0.25) is 0 Å². The molecule has 0 aliphatic heterocycles. The zero-order chi connectivity index (χ0) is 18.2. The van der Waals surface area contributed by atoms with Crippen molar-refractivity contribution in [3.63, 3.8) is 0 Å². The summed E-state index contributed by atoms with van der Waals surface area (Å²) in [5.41, 5.74) is 0.279. The predicted molar refractivity (Wildman–Crippen MR) is 93.1 cm³/mol. The van der Waals surface area contributed by atoms with Gasteiger partial charge in [-0.3, -0.25) is 0 Å². The van der Waals surface area contributed by atoms with Gasteiger partial charge in [-0.05, 0) is 31.5 Å². The maximum atomic E-state index is 12.6. The molecular weight excluding hydrogens is 332 g/mol. The number of rotatable bonds is 11. The second-order valence-electron chi connectivity index (χ2n) is 5.62. The van der Waals surface area contributed by atoms with E-state index in [0.29, 0.717) is 18.8 Å². The predicted octanol–water partition coefficient (Wildman–Crippen LogP) is 2.30. The van der Waals surface area contributed by atoms with E-state index < -0.39 is 16.0 Å². The van der Waals surface area contributed by atoms with Gasteiger partial charge in [0.1, 0.15) is 4.90 Å². The molecule has 0 aromatic heterocycles. The van der Waals surface area contributed by atoms with Crippen molar-refractivity contribution in [1.29, 1.82) is 0 Å². The fourth-order valence-electron chi connectivity index (χ4n) is 2.21. The summed E-state index contributed by atoms with van der Waals surface area (Å²) in [6.45, 7) is 4.59. The number of unbranched alkanes of at least 4 members (excludes halogenated alkanes) is 2. The lowest BCUT2D eigenvalue weighted by atomic mass is 10.2. The number of nitrogens with one attached hydrogen (secondary N) is 2. The molecular formula is C16H26N2O5S. The first-order valence-corrected chi connectivity index (χ1v) is 9.42. The molecule has 0 aliphatic rings. The van der Waals surface area contributed by atoms with Crippen molar-refractivity contribution >= 4 is 21.7 Å². The Balaban J connectivity index is 3.10. The Kier molecular flexibility index (Phi) is 8.17. The summed E-state index contributed by atoms with van der Waals surface area (Å²) in [6, 6.07) is 3.89. The number of hydrogen-bond donors (Lipinski definition) is 3. The smallest absolute Gasteiger partial charge is 0.335 e. The van der Waals surface area contributed by atoms with Crippen molar-refractivity contribution in [3.05, 3.63) is 23.8 Å². The van der Waals surface area contributed by atoms with Gasteiger partial charge in [0.15, 0.2) is 0 Å². The van der Waals surface area contributed by atoms with Gasteiger partial charge in [0, 0.05) is 19.7 Å². The van der Waals surface area contributed by atoms with Crippen LogP contribution < -0.4 is 10.0 Å². The van der Waals surface area contributed by atoms with Gasteiger partial charge in [-0.2, -0.15) is 0 Å². The van der Waals surface area contributed by atoms with Gasteiger partial charge in [0.05, 0.1) is 17.9 Å². The molecule has 0 saturated heterocycles. The molecule has 1 aromatic rings. The van der Waals surface area contributed by atoms with E-state index in [-0.39, 0.29) is 16.5 Å². The normalized spacial score (nSPS) is 12.8. The highest BCUT2D eigenvalue weighted by Crippen LogP contribution is 2.24. The second kappa shape index (κ2) is 9.61. The Morgan fingerprint density at radius 1 is 1.33 bits per heavy atom. The highest BCUT2D eigenvalue weighted by molar-refractivity contribution is 7.89. The highest BCUT2D eigenvalue weighted by atomic mass is 32.2. The van der Waals surface area contributed by atoms with Gasteiger partial charge in [-0.1, -0.05) is 19.8 Å². The second-order valence-corrected chi connectivity index (χ2v) is 7.36. The lowest BCUT2D eigenvalue weighted by Crippen LogP contribution is -2.28. The number of sulfonamides is 1. The van der Waals surface area contributed by atoms with Gasteiger partial charge in [0.25, 0.3) is 0 Å². The Morgan fingerprint density at radius 3 is 2.62 bits per heavy atom. The maximum absolute atomic E-state index is 12.6. The molecule has 0 radical (unpaired) electrons. The van der Waals surface area contributed by atoms with E-state index in [0.717, 1.165) is 19.3 Å². The van der Waals surface area contributed by atoms with Crippen molar-refractivity contribution < 1.29 is 23.1 Å². The SMILES string of the molecule is CCCCCNS(=O)(=O)c1cc(C(=O)O)ccc1NC(C)COC. The van der Waals surface area contributed by atoms with Gasteiger partial charge in [-0.25, -0.2) is 17.9 Å². The lowest BCUT2D eigenvalue weighted by molar-refractivity contribution is 0.0696. The third-order valence-corrected chi connectivity index (χ3v) is 4.91. The van der Waals surface area contributed by atoms with Gasteiger partial charge < -0.3 is 15.2 Å². The molecule has 8 heteroatoms. The van der Waals surface area contributed by atoms with Crippen LogP contribution in [0.25, 0.3) is 0 Å². The molecule has 1 rings (SSSR count). The number of carboxylic acids is 1. The number of anilines is 1. The number of aromatic carboxylic acids is 1. The van der Waals surface area contributed by atoms with Crippen LogP contribution in [0.4, 0.5) is 5.69 Å². The average Bonchev–Trinajstić information content (AvgIpc) is 2.52. The molecule has 0 fully saturated rings. The summed E-state index contributed by atoms with van der Waals surface area (Å²) >= 11 is 0. The maximum Gasteiger partial charge on any atom is 0.335 e. The summed E-state index contributed by atoms with van der Waals surface area (Å²) in [6.07, 6.45) is 2.64.